The highest BCUT2D eigenvalue weighted by molar-refractivity contribution is 5.68. The molecule has 0 amide bonds. The van der Waals surface area contributed by atoms with Gasteiger partial charge in [0.1, 0.15) is 12.2 Å². The maximum Gasteiger partial charge on any atom is 0.278 e. The molecule has 126 valence electrons. The third kappa shape index (κ3) is 2.26. The molecule has 24 heavy (non-hydrogen) atoms. The van der Waals surface area contributed by atoms with Crippen molar-refractivity contribution < 1.29 is 14.2 Å². The Hall–Kier alpha value is -2.46. The molecule has 0 aromatic carbocycles. The highest BCUT2D eigenvalue weighted by atomic mass is 16.8. The summed E-state index contributed by atoms with van der Waals surface area (Å²) in [4.78, 5) is 25.3. The fraction of sp³-hybridized carbons (Fsp3) is 0.615. The van der Waals surface area contributed by atoms with Gasteiger partial charge in [0.05, 0.1) is 25.3 Å². The number of aromatic nitrogens is 4. The smallest absolute Gasteiger partial charge is 0.278 e. The van der Waals surface area contributed by atoms with E-state index in [9.17, 15) is 4.79 Å². The Morgan fingerprint density at radius 2 is 2.21 bits per heavy atom. The third-order valence-corrected chi connectivity index (χ3v) is 4.09. The van der Waals surface area contributed by atoms with E-state index >= 15 is 0 Å². The van der Waals surface area contributed by atoms with Gasteiger partial charge in [-0.15, -0.1) is 0 Å². The van der Waals surface area contributed by atoms with Gasteiger partial charge < -0.3 is 19.2 Å². The monoisotopic (exact) mass is 333 g/mol. The second kappa shape index (κ2) is 5.28. The Bertz CT molecular complexity index is 884. The summed E-state index contributed by atoms with van der Waals surface area (Å²) in [6, 6.07) is 0. The fourth-order valence-corrected chi connectivity index (χ4v) is 3.20. The number of hydrogen-bond acceptors (Lipinski definition) is 7. The molecule has 0 bridgehead atoms. The van der Waals surface area contributed by atoms with Crippen LogP contribution in [0, 0.1) is 0 Å². The van der Waals surface area contributed by atoms with Crippen molar-refractivity contribution in [3.63, 3.8) is 0 Å². The zero-order valence-corrected chi connectivity index (χ0v) is 13.0. The Morgan fingerprint density at radius 3 is 3.00 bits per heavy atom. The number of imidazole rings is 1. The molecular weight excluding hydrogens is 318 g/mol. The molecule has 4 heterocycles. The lowest BCUT2D eigenvalue weighted by Gasteiger charge is -2.24. The predicted molar refractivity (Wildman–Crippen MR) is 79.9 cm³/mol. The quantitative estimate of drug-likeness (QED) is 0.501. The molecule has 0 unspecified atom stereocenters. The summed E-state index contributed by atoms with van der Waals surface area (Å²) >= 11 is 0. The molecule has 1 N–H and O–H groups in total. The van der Waals surface area contributed by atoms with Crippen LogP contribution in [-0.2, 0) is 14.2 Å². The van der Waals surface area contributed by atoms with E-state index in [1.54, 1.807) is 4.57 Å². The average Bonchev–Trinajstić information content (AvgIpc) is 3.17. The normalized spacial score (nSPS) is 31.1. The zero-order chi connectivity index (χ0) is 16.9. The van der Waals surface area contributed by atoms with Gasteiger partial charge in [-0.3, -0.25) is 9.36 Å². The van der Waals surface area contributed by atoms with Gasteiger partial charge in [-0.25, -0.2) is 9.97 Å². The van der Waals surface area contributed by atoms with Crippen LogP contribution in [-0.4, -0.2) is 50.2 Å². The van der Waals surface area contributed by atoms with E-state index in [1.807, 2.05) is 13.8 Å². The highest BCUT2D eigenvalue weighted by Crippen LogP contribution is 2.43. The van der Waals surface area contributed by atoms with Gasteiger partial charge in [0.15, 0.2) is 23.2 Å². The molecule has 2 aromatic rings. The second-order valence-electron chi connectivity index (χ2n) is 6.10. The van der Waals surface area contributed by atoms with Gasteiger partial charge in [0.2, 0.25) is 0 Å². The summed E-state index contributed by atoms with van der Waals surface area (Å²) < 4.78 is 19.5. The van der Waals surface area contributed by atoms with E-state index in [4.69, 9.17) is 19.7 Å². The van der Waals surface area contributed by atoms with Gasteiger partial charge in [0.25, 0.3) is 5.56 Å². The van der Waals surface area contributed by atoms with Crippen LogP contribution in [0.2, 0.25) is 0 Å². The van der Waals surface area contributed by atoms with Gasteiger partial charge in [-0.1, -0.05) is 5.11 Å². The molecule has 0 spiro atoms. The summed E-state index contributed by atoms with van der Waals surface area (Å²) in [5.74, 6) is -0.784. The topological polar surface area (TPSA) is 140 Å². The van der Waals surface area contributed by atoms with Crippen molar-refractivity contribution in [2.75, 3.05) is 6.54 Å². The zero-order valence-electron chi connectivity index (χ0n) is 13.0. The molecular formula is C13H15N7O4. The molecule has 0 saturated carbocycles. The van der Waals surface area contributed by atoms with Crippen LogP contribution in [0.1, 0.15) is 20.1 Å². The average molecular weight is 333 g/mol. The van der Waals surface area contributed by atoms with Crippen LogP contribution in [0.15, 0.2) is 22.6 Å². The minimum absolute atomic E-state index is 0.119. The predicted octanol–water partition coefficient (Wildman–Crippen LogP) is 0.847. The number of rotatable bonds is 3. The third-order valence-electron chi connectivity index (χ3n) is 4.09. The Morgan fingerprint density at radius 1 is 1.42 bits per heavy atom. The van der Waals surface area contributed by atoms with E-state index in [1.165, 1.54) is 12.7 Å². The lowest BCUT2D eigenvalue weighted by molar-refractivity contribution is -0.195. The number of fused-ring (bicyclic) bond motifs is 2. The molecule has 11 heteroatoms. The maximum atomic E-state index is 11.8. The summed E-state index contributed by atoms with van der Waals surface area (Å²) in [5.41, 5.74) is 8.83. The molecule has 2 aliphatic rings. The van der Waals surface area contributed by atoms with Crippen molar-refractivity contribution in [1.82, 2.24) is 19.5 Å². The first-order chi connectivity index (χ1) is 11.5. The number of ether oxygens (including phenoxy) is 3. The summed E-state index contributed by atoms with van der Waals surface area (Å²) in [7, 11) is 0. The lowest BCUT2D eigenvalue weighted by Crippen LogP contribution is -2.31. The SMILES string of the molecule is CC1(C)O[C@@H]2[C@H](O1)[C@@H](CN=[N+]=[N-])O[C@H]2n1cnc2c(=O)[nH]cnc21. The molecule has 0 radical (unpaired) electrons. The lowest BCUT2D eigenvalue weighted by atomic mass is 10.1. The van der Waals surface area contributed by atoms with Crippen molar-refractivity contribution in [3.8, 4) is 0 Å². The van der Waals surface area contributed by atoms with Crippen molar-refractivity contribution in [3.05, 3.63) is 33.5 Å². The van der Waals surface area contributed by atoms with Crippen LogP contribution in [0.25, 0.3) is 21.6 Å². The van der Waals surface area contributed by atoms with Crippen LogP contribution >= 0.6 is 0 Å². The first-order valence-electron chi connectivity index (χ1n) is 7.42. The number of aromatic amines is 1. The van der Waals surface area contributed by atoms with Crippen molar-refractivity contribution in [2.45, 2.75) is 44.2 Å². The Kier molecular flexibility index (Phi) is 3.32. The van der Waals surface area contributed by atoms with Crippen molar-refractivity contribution >= 4 is 11.2 Å². The number of nitrogens with one attached hydrogen (secondary N) is 1. The fourth-order valence-electron chi connectivity index (χ4n) is 3.20. The second-order valence-corrected chi connectivity index (χ2v) is 6.10. The van der Waals surface area contributed by atoms with E-state index in [2.05, 4.69) is 25.0 Å². The van der Waals surface area contributed by atoms with E-state index in [0.29, 0.717) is 5.65 Å². The summed E-state index contributed by atoms with van der Waals surface area (Å²) in [6.45, 7) is 3.73. The van der Waals surface area contributed by atoms with Crippen LogP contribution in [0.3, 0.4) is 0 Å². The van der Waals surface area contributed by atoms with Crippen LogP contribution < -0.4 is 5.56 Å². The number of azide groups is 1. The molecule has 2 saturated heterocycles. The van der Waals surface area contributed by atoms with Gasteiger partial charge >= 0.3 is 0 Å². The molecule has 0 aliphatic carbocycles. The molecule has 4 rings (SSSR count). The molecule has 2 fully saturated rings. The highest BCUT2D eigenvalue weighted by Gasteiger charge is 2.55. The Balaban J connectivity index is 1.75. The van der Waals surface area contributed by atoms with Crippen LogP contribution in [0.4, 0.5) is 0 Å². The van der Waals surface area contributed by atoms with Crippen molar-refractivity contribution in [2.24, 2.45) is 5.11 Å². The van der Waals surface area contributed by atoms with E-state index in [-0.39, 0.29) is 17.6 Å². The maximum absolute atomic E-state index is 11.8. The summed E-state index contributed by atoms with van der Waals surface area (Å²) in [6.07, 6.45) is 0.918. The number of hydrogen-bond donors (Lipinski definition) is 1. The van der Waals surface area contributed by atoms with Gasteiger partial charge in [-0.2, -0.15) is 0 Å². The minimum Gasteiger partial charge on any atom is -0.349 e. The first-order valence-corrected chi connectivity index (χ1v) is 7.42. The Labute approximate surface area is 135 Å². The van der Waals surface area contributed by atoms with E-state index < -0.39 is 30.3 Å². The number of nitrogens with zero attached hydrogens (tertiary/aromatic N) is 6. The minimum atomic E-state index is -0.784. The standard InChI is InChI=1S/C13H15N7O4/c1-13(2)23-8-6(3-18-19-14)22-12(9(8)24-13)20-5-17-7-10(20)15-4-16-11(7)21/h4-6,8-9,12H,3H2,1-2H3,(H,15,16,21)/t6-,8-,9-,12-/m1/s1. The van der Waals surface area contributed by atoms with Crippen LogP contribution in [0.5, 0.6) is 0 Å². The van der Waals surface area contributed by atoms with Gasteiger partial charge in [0, 0.05) is 4.91 Å². The largest absolute Gasteiger partial charge is 0.349 e. The number of H-pyrrole nitrogens is 1. The molecule has 11 nitrogen and oxygen atoms in total. The molecule has 2 aromatic heterocycles. The van der Waals surface area contributed by atoms with Crippen molar-refractivity contribution in [1.29, 1.82) is 0 Å². The van der Waals surface area contributed by atoms with E-state index in [0.717, 1.165) is 0 Å². The molecule has 4 atom stereocenters. The summed E-state index contributed by atoms with van der Waals surface area (Å²) in [5, 5.41) is 3.58. The first kappa shape index (κ1) is 15.1. The van der Waals surface area contributed by atoms with Gasteiger partial charge in [-0.05, 0) is 19.4 Å². The molecule has 2 aliphatic heterocycles.